The number of rotatable bonds is 8. The molecule has 0 spiro atoms. The van der Waals surface area contributed by atoms with Gasteiger partial charge in [-0.2, -0.15) is 0 Å². The summed E-state index contributed by atoms with van der Waals surface area (Å²) in [6.07, 6.45) is 15.1. The van der Waals surface area contributed by atoms with Gasteiger partial charge in [-0.15, -0.1) is 6.58 Å². The Bertz CT molecular complexity index is 828. The Balaban J connectivity index is 2.53. The number of nitrogens with zero attached hydrogens (tertiary/aromatic N) is 1. The third kappa shape index (κ3) is 5.14. The zero-order chi connectivity index (χ0) is 22.3. The molecular weight excluding hydrogens is 366 g/mol. The van der Waals surface area contributed by atoms with Crippen molar-refractivity contribution in [2.75, 3.05) is 0 Å². The number of carbonyl (C=O) groups is 1. The molecule has 0 aromatic rings. The van der Waals surface area contributed by atoms with Crippen LogP contribution in [-0.4, -0.2) is 22.8 Å². The minimum absolute atomic E-state index is 0.0373. The Labute approximate surface area is 183 Å². The largest absolute Gasteiger partial charge is 0.362 e. The summed E-state index contributed by atoms with van der Waals surface area (Å²) in [5.41, 5.74) is 3.43. The van der Waals surface area contributed by atoms with Gasteiger partial charge in [0.2, 0.25) is 0 Å². The van der Waals surface area contributed by atoms with Crippen LogP contribution in [-0.2, 0) is 4.79 Å². The van der Waals surface area contributed by atoms with Crippen LogP contribution >= 0.6 is 0 Å². The number of ketones is 1. The minimum Gasteiger partial charge on any atom is -0.362 e. The van der Waals surface area contributed by atoms with Gasteiger partial charge in [-0.05, 0) is 62.8 Å². The van der Waals surface area contributed by atoms with Gasteiger partial charge in [0.25, 0.3) is 0 Å². The van der Waals surface area contributed by atoms with Crippen LogP contribution in [0.2, 0.25) is 0 Å². The van der Waals surface area contributed by atoms with Gasteiger partial charge in [0, 0.05) is 23.6 Å². The lowest BCUT2D eigenvalue weighted by Gasteiger charge is -2.52. The normalized spacial score (nSPS) is 26.5. The number of piperidine rings is 1. The monoisotopic (exact) mass is 403 g/mol. The average Bonchev–Trinajstić information content (AvgIpc) is 2.72. The molecule has 160 valence electrons. The summed E-state index contributed by atoms with van der Waals surface area (Å²) < 4.78 is 0. The van der Waals surface area contributed by atoms with Crippen molar-refractivity contribution in [3.05, 3.63) is 73.0 Å². The topological polar surface area (TPSA) is 20.3 Å². The number of fused-ring (bicyclic) bond motifs is 1. The molecule has 0 bridgehead atoms. The van der Waals surface area contributed by atoms with E-state index >= 15 is 0 Å². The van der Waals surface area contributed by atoms with Crippen LogP contribution in [0, 0.1) is 29.6 Å². The molecule has 5 atom stereocenters. The predicted octanol–water partition coefficient (Wildman–Crippen LogP) is 6.41. The van der Waals surface area contributed by atoms with Crippen molar-refractivity contribution in [3.8, 4) is 11.8 Å². The van der Waals surface area contributed by atoms with Gasteiger partial charge in [-0.1, -0.05) is 69.1 Å². The van der Waals surface area contributed by atoms with Crippen molar-refractivity contribution in [1.82, 2.24) is 4.90 Å². The van der Waals surface area contributed by atoms with E-state index < -0.39 is 0 Å². The van der Waals surface area contributed by atoms with Crippen molar-refractivity contribution in [2.45, 2.75) is 65.5 Å². The Morgan fingerprint density at radius 1 is 1.30 bits per heavy atom. The lowest BCUT2D eigenvalue weighted by molar-refractivity contribution is -0.110. The van der Waals surface area contributed by atoms with E-state index in [0.717, 1.165) is 37.0 Å². The second-order valence-electron chi connectivity index (χ2n) is 8.45. The van der Waals surface area contributed by atoms with Gasteiger partial charge in [0.05, 0.1) is 6.04 Å². The zero-order valence-corrected chi connectivity index (χ0v) is 19.2. The van der Waals surface area contributed by atoms with Gasteiger partial charge in [-0.3, -0.25) is 4.79 Å². The molecule has 1 fully saturated rings. The molecule has 0 amide bonds. The molecule has 2 heteroatoms. The van der Waals surface area contributed by atoms with Gasteiger partial charge < -0.3 is 4.90 Å². The highest BCUT2D eigenvalue weighted by atomic mass is 16.1. The van der Waals surface area contributed by atoms with Gasteiger partial charge in [0.15, 0.2) is 5.78 Å². The molecule has 1 saturated heterocycles. The molecule has 2 aliphatic rings. The second kappa shape index (κ2) is 11.0. The highest BCUT2D eigenvalue weighted by Gasteiger charge is 2.45. The Kier molecular flexibility index (Phi) is 8.72. The van der Waals surface area contributed by atoms with Crippen LogP contribution in [0.15, 0.2) is 73.0 Å². The van der Waals surface area contributed by atoms with Gasteiger partial charge >= 0.3 is 0 Å². The summed E-state index contributed by atoms with van der Waals surface area (Å²) in [7, 11) is 0. The fourth-order valence-electron chi connectivity index (χ4n) is 4.77. The molecule has 1 heterocycles. The SMILES string of the molecule is C=CCCC(=C)N1C2C=CC(=O)C=C2C(C(C#C/C=C\C)C(=C)CCC)C(C)C1C. The first-order valence-electron chi connectivity index (χ1n) is 11.2. The fraction of sp³-hybridized carbons (Fsp3) is 0.464. The molecule has 5 unspecified atom stereocenters. The molecule has 2 rings (SSSR count). The van der Waals surface area contributed by atoms with Crippen LogP contribution in [0.5, 0.6) is 0 Å². The van der Waals surface area contributed by atoms with E-state index in [-0.39, 0.29) is 29.7 Å². The maximum Gasteiger partial charge on any atom is 0.178 e. The summed E-state index contributed by atoms with van der Waals surface area (Å²) in [6, 6.07) is 0.337. The van der Waals surface area contributed by atoms with Gasteiger partial charge in [0.1, 0.15) is 0 Å². The number of hydrogen-bond acceptors (Lipinski definition) is 2. The summed E-state index contributed by atoms with van der Waals surface area (Å²) in [5.74, 6) is 7.27. The van der Waals surface area contributed by atoms with E-state index in [9.17, 15) is 4.79 Å². The van der Waals surface area contributed by atoms with Crippen LogP contribution in [0.4, 0.5) is 0 Å². The number of allylic oxidation sites excluding steroid dienone is 7. The standard InChI is InChI=1S/C28H37NO/c1-8-11-13-16-25(20(4)14-10-3)28-22(6)23(7)29(21(5)15-12-9-2)27-18-17-24(30)19-26(27)28/h8-9,11,17-19,22-23,25,27-28H,2,4-5,10,12,14-15H2,1,3,6-7H3/b11-8-. The third-order valence-corrected chi connectivity index (χ3v) is 6.41. The van der Waals surface area contributed by atoms with Crippen molar-refractivity contribution >= 4 is 5.78 Å². The van der Waals surface area contributed by atoms with E-state index in [1.54, 1.807) is 6.08 Å². The Morgan fingerprint density at radius 2 is 2.03 bits per heavy atom. The van der Waals surface area contributed by atoms with E-state index in [2.05, 4.69) is 57.2 Å². The summed E-state index contributed by atoms with van der Waals surface area (Å²) in [5, 5.41) is 0. The highest BCUT2D eigenvalue weighted by molar-refractivity contribution is 6.01. The zero-order valence-electron chi connectivity index (χ0n) is 19.2. The predicted molar refractivity (Wildman–Crippen MR) is 129 cm³/mol. The highest BCUT2D eigenvalue weighted by Crippen LogP contribution is 2.46. The first-order chi connectivity index (χ1) is 14.4. The van der Waals surface area contributed by atoms with Crippen LogP contribution in [0.1, 0.15) is 53.4 Å². The molecule has 0 saturated carbocycles. The summed E-state index contributed by atoms with van der Waals surface area (Å²) >= 11 is 0. The molecule has 0 aromatic heterocycles. The van der Waals surface area contributed by atoms with Crippen LogP contribution in [0.25, 0.3) is 0 Å². The van der Waals surface area contributed by atoms with E-state index in [1.807, 2.05) is 37.3 Å². The van der Waals surface area contributed by atoms with Crippen molar-refractivity contribution in [2.24, 2.45) is 17.8 Å². The Hall–Kier alpha value is -2.53. The van der Waals surface area contributed by atoms with Gasteiger partial charge in [-0.25, -0.2) is 0 Å². The first kappa shape index (κ1) is 23.7. The van der Waals surface area contributed by atoms with Crippen molar-refractivity contribution in [3.63, 3.8) is 0 Å². The number of likely N-dealkylation sites (tertiary alicyclic amines) is 1. The molecule has 2 nitrogen and oxygen atoms in total. The first-order valence-corrected chi connectivity index (χ1v) is 11.2. The molecule has 1 aliphatic heterocycles. The summed E-state index contributed by atoms with van der Waals surface area (Å²) in [4.78, 5) is 14.8. The van der Waals surface area contributed by atoms with Crippen molar-refractivity contribution in [1.29, 1.82) is 0 Å². The minimum atomic E-state index is 0.0373. The average molecular weight is 404 g/mol. The lowest BCUT2D eigenvalue weighted by atomic mass is 9.65. The van der Waals surface area contributed by atoms with E-state index in [0.29, 0.717) is 5.92 Å². The maximum absolute atomic E-state index is 12.4. The summed E-state index contributed by atoms with van der Waals surface area (Å²) in [6.45, 7) is 21.4. The number of hydrogen-bond donors (Lipinski definition) is 0. The van der Waals surface area contributed by atoms with E-state index in [4.69, 9.17) is 0 Å². The van der Waals surface area contributed by atoms with Crippen LogP contribution < -0.4 is 0 Å². The Morgan fingerprint density at radius 3 is 2.67 bits per heavy atom. The maximum atomic E-state index is 12.4. The lowest BCUT2D eigenvalue weighted by Crippen LogP contribution is -2.54. The number of carbonyl (C=O) groups excluding carboxylic acids is 1. The molecule has 0 aromatic carbocycles. The van der Waals surface area contributed by atoms with Crippen molar-refractivity contribution < 1.29 is 4.79 Å². The van der Waals surface area contributed by atoms with E-state index in [1.165, 1.54) is 5.57 Å². The second-order valence-corrected chi connectivity index (χ2v) is 8.45. The third-order valence-electron chi connectivity index (χ3n) is 6.41. The molecule has 30 heavy (non-hydrogen) atoms. The molecule has 0 radical (unpaired) electrons. The molecular formula is C28H37NO. The molecule has 0 N–H and O–H groups in total. The smallest absolute Gasteiger partial charge is 0.178 e. The molecule has 1 aliphatic carbocycles. The quantitative estimate of drug-likeness (QED) is 0.345. The van der Waals surface area contributed by atoms with Crippen LogP contribution in [0.3, 0.4) is 0 Å². The fourth-order valence-corrected chi connectivity index (χ4v) is 4.77.